The molecule has 0 aromatic heterocycles. The van der Waals surface area contributed by atoms with Crippen molar-refractivity contribution in [3.05, 3.63) is 35.6 Å². The Morgan fingerprint density at radius 3 is 3.00 bits per heavy atom. The van der Waals surface area contributed by atoms with Crippen molar-refractivity contribution in [1.82, 2.24) is 5.32 Å². The molecule has 1 fully saturated rings. The van der Waals surface area contributed by atoms with Crippen molar-refractivity contribution >= 4 is 0 Å². The van der Waals surface area contributed by atoms with Crippen molar-refractivity contribution in [2.75, 3.05) is 6.54 Å². The molecular weight excluding hydrogens is 213 g/mol. The van der Waals surface area contributed by atoms with E-state index in [-0.39, 0.29) is 5.82 Å². The lowest BCUT2D eigenvalue weighted by Crippen LogP contribution is -2.33. The smallest absolute Gasteiger partial charge is 0.123 e. The van der Waals surface area contributed by atoms with E-state index in [1.807, 2.05) is 12.1 Å². The largest absolute Gasteiger partial charge is 0.314 e. The fourth-order valence-electron chi connectivity index (χ4n) is 2.85. The average Bonchev–Trinajstić information content (AvgIpc) is 2.74. The number of benzene rings is 1. The Balaban J connectivity index is 1.93. The van der Waals surface area contributed by atoms with Gasteiger partial charge in [0.1, 0.15) is 5.82 Å². The van der Waals surface area contributed by atoms with Crippen molar-refractivity contribution in [3.63, 3.8) is 0 Å². The molecule has 1 aliphatic carbocycles. The average molecular weight is 235 g/mol. The quantitative estimate of drug-likeness (QED) is 0.823. The van der Waals surface area contributed by atoms with Crippen LogP contribution in [0.4, 0.5) is 4.39 Å². The lowest BCUT2D eigenvalue weighted by atomic mass is 9.94. The number of halogens is 1. The molecule has 0 aliphatic heterocycles. The molecule has 2 atom stereocenters. The molecule has 0 radical (unpaired) electrons. The minimum atomic E-state index is -0.112. The Kier molecular flexibility index (Phi) is 4.55. The minimum Gasteiger partial charge on any atom is -0.314 e. The van der Waals surface area contributed by atoms with Gasteiger partial charge in [-0.25, -0.2) is 4.39 Å². The fraction of sp³-hybridized carbons (Fsp3) is 0.600. The van der Waals surface area contributed by atoms with Crippen LogP contribution >= 0.6 is 0 Å². The summed E-state index contributed by atoms with van der Waals surface area (Å²) in [5.74, 6) is 0.571. The molecule has 1 saturated carbocycles. The number of hydrogen-bond acceptors (Lipinski definition) is 1. The predicted octanol–water partition coefficient (Wildman–Crippen LogP) is 3.54. The summed E-state index contributed by atoms with van der Waals surface area (Å²) in [7, 11) is 0. The molecular formula is C15H22FN. The number of rotatable bonds is 5. The van der Waals surface area contributed by atoms with Crippen LogP contribution < -0.4 is 5.32 Å². The third kappa shape index (κ3) is 3.53. The van der Waals surface area contributed by atoms with Gasteiger partial charge in [0.05, 0.1) is 0 Å². The molecule has 0 bridgehead atoms. The summed E-state index contributed by atoms with van der Waals surface area (Å²) in [5.41, 5.74) is 1.14. The molecule has 2 unspecified atom stereocenters. The van der Waals surface area contributed by atoms with Crippen LogP contribution in [0.3, 0.4) is 0 Å². The fourth-order valence-corrected chi connectivity index (χ4v) is 2.85. The van der Waals surface area contributed by atoms with Crippen molar-refractivity contribution < 1.29 is 4.39 Å². The summed E-state index contributed by atoms with van der Waals surface area (Å²) >= 11 is 0. The Morgan fingerprint density at radius 2 is 2.24 bits per heavy atom. The number of nitrogens with one attached hydrogen (secondary N) is 1. The standard InChI is InChI=1S/C15H22FN/c1-2-9-17-15-8-4-6-13(15)10-12-5-3-7-14(16)11-12/h3,5,7,11,13,15,17H,2,4,6,8-10H2,1H3. The molecule has 2 heteroatoms. The van der Waals surface area contributed by atoms with Crippen LogP contribution in [-0.2, 0) is 6.42 Å². The first-order chi connectivity index (χ1) is 8.29. The molecule has 94 valence electrons. The van der Waals surface area contributed by atoms with E-state index in [0.717, 1.165) is 18.5 Å². The van der Waals surface area contributed by atoms with Crippen molar-refractivity contribution in [2.24, 2.45) is 5.92 Å². The van der Waals surface area contributed by atoms with E-state index in [1.165, 1.54) is 31.7 Å². The molecule has 17 heavy (non-hydrogen) atoms. The predicted molar refractivity (Wildman–Crippen MR) is 69.5 cm³/mol. The maximum absolute atomic E-state index is 13.1. The van der Waals surface area contributed by atoms with Crippen LogP contribution in [0.25, 0.3) is 0 Å². The Hall–Kier alpha value is -0.890. The van der Waals surface area contributed by atoms with Crippen LogP contribution in [0.15, 0.2) is 24.3 Å². The molecule has 1 aromatic carbocycles. The second kappa shape index (κ2) is 6.15. The summed E-state index contributed by atoms with van der Waals surface area (Å²) in [6.07, 6.45) is 6.06. The van der Waals surface area contributed by atoms with Crippen LogP contribution in [-0.4, -0.2) is 12.6 Å². The van der Waals surface area contributed by atoms with Gasteiger partial charge in [-0.2, -0.15) is 0 Å². The second-order valence-electron chi connectivity index (χ2n) is 5.09. The summed E-state index contributed by atoms with van der Waals surface area (Å²) in [4.78, 5) is 0. The van der Waals surface area contributed by atoms with Crippen molar-refractivity contribution in [2.45, 2.75) is 45.1 Å². The molecule has 2 rings (SSSR count). The maximum atomic E-state index is 13.1. The highest BCUT2D eigenvalue weighted by Gasteiger charge is 2.26. The highest BCUT2D eigenvalue weighted by Crippen LogP contribution is 2.29. The first-order valence-corrected chi connectivity index (χ1v) is 6.77. The molecule has 1 N–H and O–H groups in total. The molecule has 0 saturated heterocycles. The van der Waals surface area contributed by atoms with E-state index >= 15 is 0 Å². The third-order valence-electron chi connectivity index (χ3n) is 3.70. The van der Waals surface area contributed by atoms with Gasteiger partial charge in [0, 0.05) is 6.04 Å². The van der Waals surface area contributed by atoms with Gasteiger partial charge in [0.2, 0.25) is 0 Å². The van der Waals surface area contributed by atoms with Crippen LogP contribution in [0.5, 0.6) is 0 Å². The van der Waals surface area contributed by atoms with Gasteiger partial charge in [0.15, 0.2) is 0 Å². The van der Waals surface area contributed by atoms with E-state index in [2.05, 4.69) is 12.2 Å². The van der Waals surface area contributed by atoms with Gasteiger partial charge >= 0.3 is 0 Å². The molecule has 1 nitrogen and oxygen atoms in total. The van der Waals surface area contributed by atoms with Crippen LogP contribution in [0.2, 0.25) is 0 Å². The lowest BCUT2D eigenvalue weighted by Gasteiger charge is -2.21. The van der Waals surface area contributed by atoms with Crippen LogP contribution in [0, 0.1) is 11.7 Å². The van der Waals surface area contributed by atoms with Gasteiger partial charge in [-0.15, -0.1) is 0 Å². The van der Waals surface area contributed by atoms with Gasteiger partial charge in [-0.1, -0.05) is 25.5 Å². The summed E-state index contributed by atoms with van der Waals surface area (Å²) in [6.45, 7) is 3.30. The van der Waals surface area contributed by atoms with Crippen LogP contribution in [0.1, 0.15) is 38.2 Å². The van der Waals surface area contributed by atoms with Gasteiger partial charge in [0.25, 0.3) is 0 Å². The monoisotopic (exact) mass is 235 g/mol. The van der Waals surface area contributed by atoms with Crippen molar-refractivity contribution in [3.8, 4) is 0 Å². The first-order valence-electron chi connectivity index (χ1n) is 6.77. The highest BCUT2D eigenvalue weighted by atomic mass is 19.1. The molecule has 0 amide bonds. The Bertz CT molecular complexity index is 351. The van der Waals surface area contributed by atoms with E-state index in [1.54, 1.807) is 6.07 Å². The van der Waals surface area contributed by atoms with Gasteiger partial charge < -0.3 is 5.32 Å². The van der Waals surface area contributed by atoms with Gasteiger partial charge in [-0.05, 0) is 55.8 Å². The minimum absolute atomic E-state index is 0.112. The SMILES string of the molecule is CCCNC1CCCC1Cc1cccc(F)c1. The summed E-state index contributed by atoms with van der Waals surface area (Å²) in [6, 6.07) is 7.69. The maximum Gasteiger partial charge on any atom is 0.123 e. The highest BCUT2D eigenvalue weighted by molar-refractivity contribution is 5.17. The number of hydrogen-bond donors (Lipinski definition) is 1. The normalized spacial score (nSPS) is 24.1. The zero-order chi connectivity index (χ0) is 12.1. The van der Waals surface area contributed by atoms with E-state index < -0.39 is 0 Å². The third-order valence-corrected chi connectivity index (χ3v) is 3.70. The van der Waals surface area contributed by atoms with E-state index in [9.17, 15) is 4.39 Å². The Morgan fingerprint density at radius 1 is 1.35 bits per heavy atom. The van der Waals surface area contributed by atoms with Crippen molar-refractivity contribution in [1.29, 1.82) is 0 Å². The zero-order valence-corrected chi connectivity index (χ0v) is 10.6. The van der Waals surface area contributed by atoms with E-state index in [0.29, 0.717) is 12.0 Å². The molecule has 0 heterocycles. The molecule has 0 spiro atoms. The molecule has 1 aliphatic rings. The zero-order valence-electron chi connectivity index (χ0n) is 10.6. The van der Waals surface area contributed by atoms with E-state index in [4.69, 9.17) is 0 Å². The Labute approximate surface area is 103 Å². The van der Waals surface area contributed by atoms with Gasteiger partial charge in [-0.3, -0.25) is 0 Å². The summed E-state index contributed by atoms with van der Waals surface area (Å²) in [5, 5.41) is 3.62. The first kappa shape index (κ1) is 12.6. The topological polar surface area (TPSA) is 12.0 Å². The second-order valence-corrected chi connectivity index (χ2v) is 5.09. The lowest BCUT2D eigenvalue weighted by molar-refractivity contribution is 0.398. The summed E-state index contributed by atoms with van der Waals surface area (Å²) < 4.78 is 13.1. The molecule has 1 aromatic rings.